The summed E-state index contributed by atoms with van der Waals surface area (Å²) in [6.45, 7) is 2.15. The maximum Gasteiger partial charge on any atom is 0.0813 e. The van der Waals surface area contributed by atoms with E-state index in [9.17, 15) is 0 Å². The fraction of sp³-hybridized carbons (Fsp3) is 0.778. The van der Waals surface area contributed by atoms with Crippen molar-refractivity contribution in [3.63, 3.8) is 0 Å². The Morgan fingerprint density at radius 1 is 1.55 bits per heavy atom. The lowest BCUT2D eigenvalue weighted by molar-refractivity contribution is -0.0510. The molecule has 1 aliphatic rings. The summed E-state index contributed by atoms with van der Waals surface area (Å²) in [6, 6.07) is 0. The second-order valence-electron chi connectivity index (χ2n) is 2.94. The number of hydrogen-bond acceptors (Lipinski definition) is 2. The van der Waals surface area contributed by atoms with Crippen LogP contribution < -0.4 is 0 Å². The van der Waals surface area contributed by atoms with Crippen LogP contribution in [0, 0.1) is 0 Å². The minimum Gasteiger partial charge on any atom is -0.394 e. The topological polar surface area (TPSA) is 29.5 Å². The molecule has 0 spiro atoms. The zero-order valence-corrected chi connectivity index (χ0v) is 6.99. The molecule has 0 aromatic heterocycles. The van der Waals surface area contributed by atoms with Gasteiger partial charge in [-0.15, -0.1) is 0 Å². The second kappa shape index (κ2) is 4.52. The maximum atomic E-state index is 8.83. The first-order chi connectivity index (χ1) is 5.36. The molecule has 0 aliphatic carbocycles. The predicted molar refractivity (Wildman–Crippen MR) is 44.4 cm³/mol. The lowest BCUT2D eigenvalue weighted by Gasteiger charge is -2.26. The molecular formula is C9H16O2. The SMILES string of the molecule is C/C=C/C1CCCC(CO)O1. The summed E-state index contributed by atoms with van der Waals surface area (Å²) in [5.74, 6) is 0. The van der Waals surface area contributed by atoms with Crippen molar-refractivity contribution >= 4 is 0 Å². The van der Waals surface area contributed by atoms with Crippen LogP contribution in [-0.4, -0.2) is 23.9 Å². The van der Waals surface area contributed by atoms with E-state index in [4.69, 9.17) is 9.84 Å². The molecule has 2 heteroatoms. The Morgan fingerprint density at radius 2 is 2.36 bits per heavy atom. The largest absolute Gasteiger partial charge is 0.394 e. The van der Waals surface area contributed by atoms with Gasteiger partial charge < -0.3 is 9.84 Å². The van der Waals surface area contributed by atoms with Gasteiger partial charge >= 0.3 is 0 Å². The van der Waals surface area contributed by atoms with Gasteiger partial charge in [0.2, 0.25) is 0 Å². The van der Waals surface area contributed by atoms with Crippen LogP contribution in [0.3, 0.4) is 0 Å². The zero-order chi connectivity index (χ0) is 8.10. The Morgan fingerprint density at radius 3 is 3.00 bits per heavy atom. The molecule has 0 aromatic carbocycles. The van der Waals surface area contributed by atoms with Gasteiger partial charge in [0.1, 0.15) is 0 Å². The zero-order valence-electron chi connectivity index (χ0n) is 6.99. The van der Waals surface area contributed by atoms with Gasteiger partial charge in [0.15, 0.2) is 0 Å². The van der Waals surface area contributed by atoms with Gasteiger partial charge in [0.05, 0.1) is 18.8 Å². The molecule has 2 unspecified atom stereocenters. The molecule has 0 aromatic rings. The van der Waals surface area contributed by atoms with Crippen molar-refractivity contribution in [3.8, 4) is 0 Å². The molecule has 1 rings (SSSR count). The quantitative estimate of drug-likeness (QED) is 0.614. The van der Waals surface area contributed by atoms with Crippen molar-refractivity contribution in [1.29, 1.82) is 0 Å². The highest BCUT2D eigenvalue weighted by molar-refractivity contribution is 4.89. The van der Waals surface area contributed by atoms with E-state index in [2.05, 4.69) is 6.08 Å². The number of ether oxygens (including phenoxy) is 1. The first-order valence-electron chi connectivity index (χ1n) is 4.26. The van der Waals surface area contributed by atoms with Crippen LogP contribution in [0.1, 0.15) is 26.2 Å². The van der Waals surface area contributed by atoms with Crippen LogP contribution in [-0.2, 0) is 4.74 Å². The van der Waals surface area contributed by atoms with Crippen molar-refractivity contribution in [1.82, 2.24) is 0 Å². The van der Waals surface area contributed by atoms with Gasteiger partial charge in [0, 0.05) is 0 Å². The van der Waals surface area contributed by atoms with E-state index in [0.717, 1.165) is 12.8 Å². The first-order valence-corrected chi connectivity index (χ1v) is 4.26. The fourth-order valence-electron chi connectivity index (χ4n) is 1.42. The van der Waals surface area contributed by atoms with E-state index in [-0.39, 0.29) is 18.8 Å². The molecule has 0 saturated carbocycles. The molecule has 1 N–H and O–H groups in total. The molecule has 1 heterocycles. The van der Waals surface area contributed by atoms with Crippen LogP contribution >= 0.6 is 0 Å². The van der Waals surface area contributed by atoms with Crippen molar-refractivity contribution in [3.05, 3.63) is 12.2 Å². The van der Waals surface area contributed by atoms with Gasteiger partial charge in [-0.05, 0) is 26.2 Å². The summed E-state index contributed by atoms with van der Waals surface area (Å²) in [5, 5.41) is 8.83. The normalized spacial score (nSPS) is 32.9. The Bertz CT molecular complexity index is 132. The van der Waals surface area contributed by atoms with Crippen molar-refractivity contribution < 1.29 is 9.84 Å². The van der Waals surface area contributed by atoms with Crippen LogP contribution in [0.25, 0.3) is 0 Å². The Kier molecular flexibility index (Phi) is 3.60. The Hall–Kier alpha value is -0.340. The molecule has 1 saturated heterocycles. The van der Waals surface area contributed by atoms with E-state index in [1.807, 2.05) is 13.0 Å². The average Bonchev–Trinajstić information content (AvgIpc) is 2.06. The molecule has 2 nitrogen and oxygen atoms in total. The molecule has 0 amide bonds. The lowest BCUT2D eigenvalue weighted by Crippen LogP contribution is -2.28. The highest BCUT2D eigenvalue weighted by Crippen LogP contribution is 2.19. The predicted octanol–water partition coefficient (Wildman–Crippen LogP) is 1.49. The maximum absolute atomic E-state index is 8.83. The molecule has 11 heavy (non-hydrogen) atoms. The van der Waals surface area contributed by atoms with Crippen LogP contribution in [0.15, 0.2) is 12.2 Å². The number of aliphatic hydroxyl groups excluding tert-OH is 1. The number of rotatable bonds is 2. The third kappa shape index (κ3) is 2.64. The van der Waals surface area contributed by atoms with E-state index < -0.39 is 0 Å². The summed E-state index contributed by atoms with van der Waals surface area (Å²) in [6.07, 6.45) is 7.65. The summed E-state index contributed by atoms with van der Waals surface area (Å²) in [4.78, 5) is 0. The summed E-state index contributed by atoms with van der Waals surface area (Å²) in [5.41, 5.74) is 0. The standard InChI is InChI=1S/C9H16O2/c1-2-4-8-5-3-6-9(7-10)11-8/h2,4,8-10H,3,5-7H2,1H3/b4-2+. The summed E-state index contributed by atoms with van der Waals surface area (Å²) in [7, 11) is 0. The third-order valence-corrected chi connectivity index (χ3v) is 1.99. The highest BCUT2D eigenvalue weighted by atomic mass is 16.5. The third-order valence-electron chi connectivity index (χ3n) is 1.99. The van der Waals surface area contributed by atoms with Gasteiger partial charge in [0.25, 0.3) is 0 Å². The van der Waals surface area contributed by atoms with Gasteiger partial charge in [-0.25, -0.2) is 0 Å². The average molecular weight is 156 g/mol. The fourth-order valence-corrected chi connectivity index (χ4v) is 1.42. The molecular weight excluding hydrogens is 140 g/mol. The molecule has 1 fully saturated rings. The van der Waals surface area contributed by atoms with Gasteiger partial charge in [-0.1, -0.05) is 12.2 Å². The number of hydrogen-bond donors (Lipinski definition) is 1. The smallest absolute Gasteiger partial charge is 0.0813 e. The van der Waals surface area contributed by atoms with Crippen molar-refractivity contribution in [2.75, 3.05) is 6.61 Å². The van der Waals surface area contributed by atoms with Crippen molar-refractivity contribution in [2.24, 2.45) is 0 Å². The van der Waals surface area contributed by atoms with Crippen LogP contribution in [0.4, 0.5) is 0 Å². The first kappa shape index (κ1) is 8.75. The minimum atomic E-state index is 0.0740. The Labute approximate surface area is 67.9 Å². The highest BCUT2D eigenvalue weighted by Gasteiger charge is 2.18. The van der Waals surface area contributed by atoms with Gasteiger partial charge in [-0.2, -0.15) is 0 Å². The molecule has 2 atom stereocenters. The summed E-state index contributed by atoms with van der Waals surface area (Å²) < 4.78 is 5.54. The summed E-state index contributed by atoms with van der Waals surface area (Å²) >= 11 is 0. The van der Waals surface area contributed by atoms with Crippen LogP contribution in [0.5, 0.6) is 0 Å². The Balaban J connectivity index is 2.33. The van der Waals surface area contributed by atoms with Crippen molar-refractivity contribution in [2.45, 2.75) is 38.4 Å². The molecule has 1 aliphatic heterocycles. The van der Waals surface area contributed by atoms with E-state index in [0.29, 0.717) is 0 Å². The van der Waals surface area contributed by atoms with E-state index in [1.165, 1.54) is 6.42 Å². The lowest BCUT2D eigenvalue weighted by atomic mass is 10.0. The molecule has 64 valence electrons. The minimum absolute atomic E-state index is 0.0740. The number of aliphatic hydroxyl groups is 1. The van der Waals surface area contributed by atoms with E-state index >= 15 is 0 Å². The second-order valence-corrected chi connectivity index (χ2v) is 2.94. The monoisotopic (exact) mass is 156 g/mol. The van der Waals surface area contributed by atoms with Gasteiger partial charge in [-0.3, -0.25) is 0 Å². The molecule has 0 radical (unpaired) electrons. The molecule has 0 bridgehead atoms. The van der Waals surface area contributed by atoms with Crippen LogP contribution in [0.2, 0.25) is 0 Å². The number of allylic oxidation sites excluding steroid dienone is 1. The van der Waals surface area contributed by atoms with E-state index in [1.54, 1.807) is 0 Å².